The topological polar surface area (TPSA) is 117 Å². The second kappa shape index (κ2) is 6.84. The number of hydrogen-bond donors (Lipinski definition) is 4. The van der Waals surface area contributed by atoms with Crippen molar-refractivity contribution in [3.8, 4) is 0 Å². The number of carboxylic acids is 1. The predicted octanol–water partition coefficient (Wildman–Crippen LogP) is -0.361. The van der Waals surface area contributed by atoms with Gasteiger partial charge in [0.05, 0.1) is 0 Å². The lowest BCUT2D eigenvalue weighted by atomic mass is 10.4. The van der Waals surface area contributed by atoms with Crippen LogP contribution in [0.1, 0.15) is 0 Å². The van der Waals surface area contributed by atoms with Crippen LogP contribution in [0.15, 0.2) is 0 Å². The van der Waals surface area contributed by atoms with E-state index in [0.717, 1.165) is 6.21 Å². The van der Waals surface area contributed by atoms with E-state index >= 15 is 0 Å². The van der Waals surface area contributed by atoms with Gasteiger partial charge in [-0.25, -0.2) is 4.89 Å². The van der Waals surface area contributed by atoms with Gasteiger partial charge in [-0.1, -0.05) is 0 Å². The van der Waals surface area contributed by atoms with E-state index < -0.39 is 18.1 Å². The molecule has 13 heavy (non-hydrogen) atoms. The summed E-state index contributed by atoms with van der Waals surface area (Å²) in [6.07, 6.45) is 0.227. The maximum absolute atomic E-state index is 10.3. The molecule has 0 amide bonds. The average Bonchev–Trinajstić information content (AvgIpc) is 2.12. The lowest BCUT2D eigenvalue weighted by Crippen LogP contribution is -2.33. The minimum Gasteiger partial charge on any atom is -0.480 e. The molecule has 0 aliphatic heterocycles. The first-order valence-electron chi connectivity index (χ1n) is 3.48. The first kappa shape index (κ1) is 12.4. The van der Waals surface area contributed by atoms with Crippen molar-refractivity contribution in [2.45, 2.75) is 12.1 Å². The van der Waals surface area contributed by atoms with Crippen molar-refractivity contribution < 1.29 is 20.0 Å². The molecule has 0 aromatic heterocycles. The Labute approximate surface area is 79.5 Å². The Morgan fingerprint density at radius 2 is 2.31 bits per heavy atom. The van der Waals surface area contributed by atoms with Gasteiger partial charge in [0.15, 0.2) is 0 Å². The van der Waals surface area contributed by atoms with Gasteiger partial charge in [-0.3, -0.25) is 10.1 Å². The van der Waals surface area contributed by atoms with Crippen molar-refractivity contribution in [1.82, 2.24) is 0 Å². The predicted molar refractivity (Wildman–Crippen MR) is 49.2 cm³/mol. The summed E-state index contributed by atoms with van der Waals surface area (Å²) in [5.74, 6) is -0.534. The van der Waals surface area contributed by atoms with Crippen LogP contribution in [0.4, 0.5) is 0 Å². The van der Waals surface area contributed by atoms with E-state index in [1.807, 2.05) is 0 Å². The second-order valence-corrected chi connectivity index (χ2v) is 3.37. The summed E-state index contributed by atoms with van der Waals surface area (Å²) < 4.78 is 0. The van der Waals surface area contributed by atoms with Crippen LogP contribution in [-0.4, -0.2) is 46.2 Å². The average molecular weight is 208 g/mol. The summed E-state index contributed by atoms with van der Waals surface area (Å²) in [6.45, 7) is 0. The number of carboxylic acid groups (broad SMARTS) is 1. The highest BCUT2D eigenvalue weighted by Gasteiger charge is 2.12. The van der Waals surface area contributed by atoms with E-state index in [0.29, 0.717) is 5.75 Å². The molecule has 76 valence electrons. The summed E-state index contributed by atoms with van der Waals surface area (Å²) in [4.78, 5) is 14.1. The molecule has 0 heterocycles. The van der Waals surface area contributed by atoms with Gasteiger partial charge in [-0.2, -0.15) is 11.8 Å². The quantitative estimate of drug-likeness (QED) is 0.258. The lowest BCUT2D eigenvalue weighted by molar-refractivity contribution is -0.253. The van der Waals surface area contributed by atoms with Crippen LogP contribution in [0, 0.1) is 5.41 Å². The molecular weight excluding hydrogens is 196 g/mol. The van der Waals surface area contributed by atoms with Gasteiger partial charge < -0.3 is 16.2 Å². The molecule has 0 aromatic rings. The monoisotopic (exact) mass is 208 g/mol. The maximum Gasteiger partial charge on any atom is 0.321 e. The van der Waals surface area contributed by atoms with Gasteiger partial charge in [-0.05, 0) is 0 Å². The van der Waals surface area contributed by atoms with E-state index in [-0.39, 0.29) is 5.75 Å². The van der Waals surface area contributed by atoms with Crippen molar-refractivity contribution in [2.24, 2.45) is 5.73 Å². The summed E-state index contributed by atoms with van der Waals surface area (Å²) in [5, 5.41) is 23.3. The molecule has 0 fully saturated rings. The van der Waals surface area contributed by atoms with Crippen molar-refractivity contribution in [1.29, 1.82) is 5.41 Å². The molecule has 7 heteroatoms. The van der Waals surface area contributed by atoms with Crippen LogP contribution in [0.2, 0.25) is 0 Å². The third-order valence-electron chi connectivity index (χ3n) is 1.22. The van der Waals surface area contributed by atoms with Gasteiger partial charge in [-0.15, -0.1) is 0 Å². The Kier molecular flexibility index (Phi) is 6.51. The highest BCUT2D eigenvalue weighted by Crippen LogP contribution is 2.05. The molecular formula is C6H12N2O4S. The number of rotatable bonds is 7. The van der Waals surface area contributed by atoms with E-state index in [2.05, 4.69) is 4.89 Å². The van der Waals surface area contributed by atoms with Gasteiger partial charge >= 0.3 is 5.97 Å². The first-order valence-corrected chi connectivity index (χ1v) is 4.64. The summed E-state index contributed by atoms with van der Waals surface area (Å²) in [7, 11) is 0. The molecule has 0 radical (unpaired) electrons. The van der Waals surface area contributed by atoms with E-state index in [9.17, 15) is 4.79 Å². The number of aliphatic carboxylic acids is 1. The lowest BCUT2D eigenvalue weighted by Gasteiger charge is -2.08. The van der Waals surface area contributed by atoms with Gasteiger partial charge in [0.25, 0.3) is 0 Å². The van der Waals surface area contributed by atoms with Crippen LogP contribution in [0.25, 0.3) is 0 Å². The summed E-state index contributed by atoms with van der Waals surface area (Å²) in [6, 6.07) is -0.921. The zero-order valence-corrected chi connectivity index (χ0v) is 7.66. The standard InChI is InChI=1S/C6H12N2O4S/c7-1-4(12-11)2-13-3-5(8)6(9)10/h1,4-5,7,11H,2-3,8H2,(H,9,10). The Morgan fingerprint density at radius 3 is 2.69 bits per heavy atom. The molecule has 2 atom stereocenters. The third kappa shape index (κ3) is 5.58. The largest absolute Gasteiger partial charge is 0.480 e. The molecule has 0 aliphatic rings. The summed E-state index contributed by atoms with van der Waals surface area (Å²) >= 11 is 1.20. The van der Waals surface area contributed by atoms with Crippen LogP contribution < -0.4 is 5.73 Å². The fourth-order valence-electron chi connectivity index (χ4n) is 0.491. The molecule has 0 saturated carbocycles. The van der Waals surface area contributed by atoms with E-state index in [1.54, 1.807) is 0 Å². The first-order chi connectivity index (χ1) is 6.11. The zero-order chi connectivity index (χ0) is 10.3. The van der Waals surface area contributed by atoms with Crippen molar-refractivity contribution >= 4 is 23.9 Å². The Morgan fingerprint density at radius 1 is 1.69 bits per heavy atom. The van der Waals surface area contributed by atoms with Crippen LogP contribution >= 0.6 is 11.8 Å². The maximum atomic E-state index is 10.3. The summed E-state index contributed by atoms with van der Waals surface area (Å²) in [5.41, 5.74) is 5.20. The van der Waals surface area contributed by atoms with Gasteiger partial charge in [0, 0.05) is 17.7 Å². The molecule has 0 rings (SSSR count). The molecule has 0 aliphatic carbocycles. The van der Waals surface area contributed by atoms with E-state index in [1.165, 1.54) is 11.8 Å². The number of thioether (sulfide) groups is 1. The third-order valence-corrected chi connectivity index (χ3v) is 2.38. The minimum absolute atomic E-state index is 0.225. The molecule has 0 saturated heterocycles. The Bertz CT molecular complexity index is 176. The molecule has 0 aromatic carbocycles. The molecule has 0 spiro atoms. The highest BCUT2D eigenvalue weighted by molar-refractivity contribution is 7.99. The van der Waals surface area contributed by atoms with Gasteiger partial charge in [0.2, 0.25) is 0 Å². The molecule has 0 bridgehead atoms. The van der Waals surface area contributed by atoms with Crippen LogP contribution in [0.5, 0.6) is 0 Å². The number of nitrogens with one attached hydrogen (secondary N) is 1. The fourth-order valence-corrected chi connectivity index (χ4v) is 1.41. The Balaban J connectivity index is 3.54. The van der Waals surface area contributed by atoms with Crippen LogP contribution in [0.3, 0.4) is 0 Å². The normalized spacial score (nSPS) is 14.9. The Hall–Kier alpha value is -0.630. The minimum atomic E-state index is -1.07. The van der Waals surface area contributed by atoms with E-state index in [4.69, 9.17) is 21.5 Å². The molecule has 6 nitrogen and oxygen atoms in total. The number of nitrogens with two attached hydrogens (primary N) is 1. The molecule has 2 unspecified atom stereocenters. The fraction of sp³-hybridized carbons (Fsp3) is 0.667. The smallest absolute Gasteiger partial charge is 0.321 e. The van der Waals surface area contributed by atoms with Crippen molar-refractivity contribution in [3.05, 3.63) is 0 Å². The zero-order valence-electron chi connectivity index (χ0n) is 6.84. The van der Waals surface area contributed by atoms with Gasteiger partial charge in [0.1, 0.15) is 12.1 Å². The number of hydrogen-bond acceptors (Lipinski definition) is 6. The number of carbonyl (C=O) groups is 1. The van der Waals surface area contributed by atoms with Crippen molar-refractivity contribution in [3.63, 3.8) is 0 Å². The SMILES string of the molecule is N=CC(CSCC(N)C(=O)O)OO. The van der Waals surface area contributed by atoms with Crippen LogP contribution in [-0.2, 0) is 9.68 Å². The molecule has 5 N–H and O–H groups in total. The second-order valence-electron chi connectivity index (χ2n) is 2.29. The highest BCUT2D eigenvalue weighted by atomic mass is 32.2. The van der Waals surface area contributed by atoms with Crippen molar-refractivity contribution in [2.75, 3.05) is 11.5 Å².